The third-order valence-corrected chi connectivity index (χ3v) is 7.79. The Kier molecular flexibility index (Phi) is 5.25. The molecule has 0 aliphatic carbocycles. The number of aliphatic carboxylic acids is 1. The van der Waals surface area contributed by atoms with Gasteiger partial charge in [0.2, 0.25) is 5.91 Å². The first-order valence-electron chi connectivity index (χ1n) is 10.1. The van der Waals surface area contributed by atoms with Gasteiger partial charge in [0.25, 0.3) is 0 Å². The summed E-state index contributed by atoms with van der Waals surface area (Å²) in [7, 11) is 0. The van der Waals surface area contributed by atoms with Crippen LogP contribution < -0.4 is 5.32 Å². The van der Waals surface area contributed by atoms with Gasteiger partial charge in [-0.25, -0.2) is 4.79 Å². The second-order valence-electron chi connectivity index (χ2n) is 8.46. The monoisotopic (exact) mass is 420 g/mol. The van der Waals surface area contributed by atoms with Crippen LogP contribution >= 0.6 is 11.8 Å². The van der Waals surface area contributed by atoms with E-state index in [1.807, 2.05) is 25.5 Å². The number of aryl methyl sites for hydroxylation is 2. The molecule has 2 fully saturated rings. The lowest BCUT2D eigenvalue weighted by atomic mass is 9.79. The van der Waals surface area contributed by atoms with Crippen LogP contribution in [0.25, 0.3) is 0 Å². The number of aromatic nitrogens is 2. The molecular weight excluding hydrogens is 392 g/mol. The number of hydrogen-bond acceptors (Lipinski definition) is 6. The summed E-state index contributed by atoms with van der Waals surface area (Å²) < 4.78 is 2.01. The molecule has 0 unspecified atom stereocenters. The molecule has 29 heavy (non-hydrogen) atoms. The highest BCUT2D eigenvalue weighted by molar-refractivity contribution is 8.03. The number of nitrogens with zero attached hydrogens (tertiary/aromatic N) is 3. The molecule has 0 radical (unpaired) electrons. The first-order valence-corrected chi connectivity index (χ1v) is 11.0. The van der Waals surface area contributed by atoms with Crippen LogP contribution in [0, 0.1) is 25.7 Å². The molecule has 1 amide bonds. The van der Waals surface area contributed by atoms with Crippen molar-refractivity contribution in [3.05, 3.63) is 28.1 Å². The fourth-order valence-corrected chi connectivity index (χ4v) is 6.46. The average molecular weight is 421 g/mol. The van der Waals surface area contributed by atoms with Gasteiger partial charge in [0.1, 0.15) is 5.70 Å². The van der Waals surface area contributed by atoms with Crippen molar-refractivity contribution < 1.29 is 19.8 Å². The lowest BCUT2D eigenvalue weighted by molar-refractivity contribution is -0.163. The van der Waals surface area contributed by atoms with Crippen molar-refractivity contribution in [2.24, 2.45) is 11.8 Å². The minimum Gasteiger partial charge on any atom is -0.477 e. The minimum absolute atomic E-state index is 0.0848. The van der Waals surface area contributed by atoms with Gasteiger partial charge in [-0.3, -0.25) is 9.48 Å². The number of carboxylic acids is 1. The average Bonchev–Trinajstić information content (AvgIpc) is 3.26. The number of carbonyl (C=O) groups is 2. The summed E-state index contributed by atoms with van der Waals surface area (Å²) in [5.74, 6) is -1.95. The molecule has 1 aromatic heterocycles. The molecule has 0 spiro atoms. The van der Waals surface area contributed by atoms with Gasteiger partial charge >= 0.3 is 5.97 Å². The third-order valence-electron chi connectivity index (χ3n) is 6.28. The van der Waals surface area contributed by atoms with E-state index in [9.17, 15) is 19.8 Å². The van der Waals surface area contributed by atoms with Crippen LogP contribution in [0.2, 0.25) is 0 Å². The van der Waals surface area contributed by atoms with E-state index in [1.54, 1.807) is 18.7 Å². The molecule has 4 rings (SSSR count). The molecule has 4 heterocycles. The molecule has 3 N–H and O–H groups in total. The minimum atomic E-state index is -1.07. The second-order valence-corrected chi connectivity index (χ2v) is 9.80. The molecular formula is C20H28N4O4S. The van der Waals surface area contributed by atoms with Gasteiger partial charge in [-0.05, 0) is 33.3 Å². The van der Waals surface area contributed by atoms with E-state index in [-0.39, 0.29) is 34.9 Å². The SMILES string of the molecule is Cc1cc(C)n(C[C@@H]2C[C@H](SC3=C(C(=O)O)N4C(=O)[C@H]([C@@H](C)O)[C@H]4[C@H]3C)CN2)n1. The maximum absolute atomic E-state index is 12.5. The Bertz CT molecular complexity index is 880. The van der Waals surface area contributed by atoms with E-state index in [0.29, 0.717) is 0 Å². The van der Waals surface area contributed by atoms with Crippen molar-refractivity contribution in [1.82, 2.24) is 20.0 Å². The van der Waals surface area contributed by atoms with Gasteiger partial charge in [0.05, 0.1) is 30.3 Å². The first kappa shape index (κ1) is 20.4. The fraction of sp³-hybridized carbons (Fsp3) is 0.650. The van der Waals surface area contributed by atoms with Gasteiger partial charge in [-0.1, -0.05) is 6.92 Å². The topological polar surface area (TPSA) is 108 Å². The Labute approximate surface area is 174 Å². The summed E-state index contributed by atoms with van der Waals surface area (Å²) in [6.07, 6.45) is 0.133. The molecule has 9 heteroatoms. The first-order chi connectivity index (χ1) is 13.7. The zero-order valence-corrected chi connectivity index (χ0v) is 17.9. The molecule has 158 valence electrons. The van der Waals surface area contributed by atoms with Gasteiger partial charge in [0, 0.05) is 34.4 Å². The number of fused-ring (bicyclic) bond motifs is 1. The van der Waals surface area contributed by atoms with Gasteiger partial charge in [-0.15, -0.1) is 11.8 Å². The Morgan fingerprint density at radius 1 is 1.45 bits per heavy atom. The lowest BCUT2D eigenvalue weighted by Crippen LogP contribution is -2.63. The molecule has 3 aliphatic rings. The number of amides is 1. The molecule has 0 aromatic carbocycles. The highest BCUT2D eigenvalue weighted by atomic mass is 32.2. The second kappa shape index (κ2) is 7.45. The number of hydrogen-bond donors (Lipinski definition) is 3. The van der Waals surface area contributed by atoms with E-state index in [4.69, 9.17) is 0 Å². The van der Waals surface area contributed by atoms with Crippen molar-refractivity contribution in [3.63, 3.8) is 0 Å². The molecule has 1 aromatic rings. The van der Waals surface area contributed by atoms with Crippen LogP contribution in [0.1, 0.15) is 31.7 Å². The van der Waals surface area contributed by atoms with Crippen molar-refractivity contribution in [1.29, 1.82) is 0 Å². The Hall–Kier alpha value is -1.84. The Morgan fingerprint density at radius 2 is 2.17 bits per heavy atom. The highest BCUT2D eigenvalue weighted by Crippen LogP contribution is 2.51. The summed E-state index contributed by atoms with van der Waals surface area (Å²) in [6.45, 7) is 9.17. The molecule has 6 atom stereocenters. The summed E-state index contributed by atoms with van der Waals surface area (Å²) in [4.78, 5) is 26.5. The Balaban J connectivity index is 1.47. The molecule has 0 saturated carbocycles. The largest absolute Gasteiger partial charge is 0.477 e. The molecule has 8 nitrogen and oxygen atoms in total. The summed E-state index contributed by atoms with van der Waals surface area (Å²) in [6, 6.07) is 2.08. The summed E-state index contributed by atoms with van der Waals surface area (Å²) in [5.41, 5.74) is 2.24. The zero-order valence-electron chi connectivity index (χ0n) is 17.1. The van der Waals surface area contributed by atoms with Crippen LogP contribution in [-0.4, -0.2) is 66.8 Å². The van der Waals surface area contributed by atoms with Crippen molar-refractivity contribution in [3.8, 4) is 0 Å². The predicted molar refractivity (Wildman–Crippen MR) is 109 cm³/mol. The van der Waals surface area contributed by atoms with Crippen LogP contribution in [-0.2, 0) is 16.1 Å². The molecule has 0 bridgehead atoms. The zero-order chi connectivity index (χ0) is 21.0. The van der Waals surface area contributed by atoms with E-state index in [0.717, 1.165) is 35.8 Å². The number of carbonyl (C=O) groups excluding carboxylic acids is 1. The maximum Gasteiger partial charge on any atom is 0.353 e. The number of rotatable bonds is 6. The van der Waals surface area contributed by atoms with Crippen LogP contribution in [0.15, 0.2) is 16.7 Å². The number of aliphatic hydroxyl groups is 1. The normalized spacial score (nSPS) is 32.5. The van der Waals surface area contributed by atoms with Gasteiger partial charge in [0.15, 0.2) is 0 Å². The molecule has 2 saturated heterocycles. The number of carboxylic acid groups (broad SMARTS) is 1. The highest BCUT2D eigenvalue weighted by Gasteiger charge is 2.60. The maximum atomic E-state index is 12.5. The number of nitrogens with one attached hydrogen (secondary N) is 1. The van der Waals surface area contributed by atoms with Gasteiger partial charge < -0.3 is 20.4 Å². The summed E-state index contributed by atoms with van der Waals surface area (Å²) in [5, 5.41) is 28.0. The van der Waals surface area contributed by atoms with Gasteiger partial charge in [-0.2, -0.15) is 5.10 Å². The Morgan fingerprint density at radius 3 is 2.76 bits per heavy atom. The number of β-lactam (4-membered cyclic amide) rings is 1. The van der Waals surface area contributed by atoms with Crippen LogP contribution in [0.5, 0.6) is 0 Å². The fourth-order valence-electron chi connectivity index (χ4n) is 4.94. The quantitative estimate of drug-likeness (QED) is 0.592. The predicted octanol–water partition coefficient (Wildman–Crippen LogP) is 1.12. The smallest absolute Gasteiger partial charge is 0.353 e. The van der Waals surface area contributed by atoms with E-state index in [1.165, 1.54) is 4.90 Å². The van der Waals surface area contributed by atoms with Crippen LogP contribution in [0.3, 0.4) is 0 Å². The number of thioether (sulfide) groups is 1. The van der Waals surface area contributed by atoms with Crippen molar-refractivity contribution >= 4 is 23.6 Å². The summed E-state index contributed by atoms with van der Waals surface area (Å²) >= 11 is 1.58. The number of aliphatic hydroxyl groups excluding tert-OH is 1. The van der Waals surface area contributed by atoms with Crippen molar-refractivity contribution in [2.75, 3.05) is 6.54 Å². The van der Waals surface area contributed by atoms with E-state index < -0.39 is 18.0 Å². The standard InChI is InChI=1S/C20H28N4O4S/c1-9-5-10(2)23(22-9)8-13-6-14(7-21-13)29-18-11(3)16-15(12(4)25)19(26)24(16)17(18)20(27)28/h5,11-16,21,25H,6-8H2,1-4H3,(H,27,28)/t11-,12-,13+,14+,15-,16-/m1/s1. The van der Waals surface area contributed by atoms with Crippen molar-refractivity contribution in [2.45, 2.75) is 64.1 Å². The third kappa shape index (κ3) is 3.39. The lowest BCUT2D eigenvalue weighted by Gasteiger charge is -2.46. The van der Waals surface area contributed by atoms with Crippen LogP contribution in [0.4, 0.5) is 0 Å². The molecule has 3 aliphatic heterocycles. The van der Waals surface area contributed by atoms with E-state index >= 15 is 0 Å². The van der Waals surface area contributed by atoms with E-state index in [2.05, 4.69) is 16.5 Å².